The molecule has 0 unspecified atom stereocenters. The Morgan fingerprint density at radius 3 is 2.73 bits per heavy atom. The third-order valence-corrected chi connectivity index (χ3v) is 5.17. The van der Waals surface area contributed by atoms with Crippen molar-refractivity contribution < 1.29 is 14.3 Å². The van der Waals surface area contributed by atoms with Crippen molar-refractivity contribution in [3.63, 3.8) is 0 Å². The van der Waals surface area contributed by atoms with E-state index in [1.165, 1.54) is 6.42 Å². The molecular formula is C17H22BrNO3. The van der Waals surface area contributed by atoms with Gasteiger partial charge in [0.25, 0.3) is 5.91 Å². The van der Waals surface area contributed by atoms with Crippen LogP contribution in [0, 0.1) is 11.8 Å². The molecule has 5 heteroatoms. The van der Waals surface area contributed by atoms with E-state index in [1.54, 1.807) is 18.2 Å². The Hall–Kier alpha value is -1.36. The molecule has 0 aliphatic heterocycles. The number of halogens is 1. The monoisotopic (exact) mass is 367 g/mol. The number of carbonyl (C=O) groups excluding carboxylic acids is 2. The van der Waals surface area contributed by atoms with Crippen LogP contribution in [0.2, 0.25) is 0 Å². The molecule has 22 heavy (non-hydrogen) atoms. The summed E-state index contributed by atoms with van der Waals surface area (Å²) in [7, 11) is 0. The number of ether oxygens (including phenoxy) is 1. The van der Waals surface area contributed by atoms with Crippen LogP contribution in [-0.4, -0.2) is 24.5 Å². The van der Waals surface area contributed by atoms with Crippen molar-refractivity contribution >= 4 is 27.8 Å². The summed E-state index contributed by atoms with van der Waals surface area (Å²) in [6, 6.07) is 7.18. The maximum absolute atomic E-state index is 12.0. The Labute approximate surface area is 139 Å². The van der Waals surface area contributed by atoms with Crippen molar-refractivity contribution in [1.29, 1.82) is 0 Å². The summed E-state index contributed by atoms with van der Waals surface area (Å²) in [5.74, 6) is 0.345. The second kappa shape index (κ2) is 7.77. The molecule has 1 aliphatic carbocycles. The van der Waals surface area contributed by atoms with Crippen molar-refractivity contribution in [2.75, 3.05) is 6.61 Å². The number of hydrogen-bond acceptors (Lipinski definition) is 3. The number of rotatable bonds is 4. The Bertz CT molecular complexity index is 546. The Balaban J connectivity index is 1.83. The molecule has 0 radical (unpaired) electrons. The quantitative estimate of drug-likeness (QED) is 0.827. The van der Waals surface area contributed by atoms with Gasteiger partial charge in [0.15, 0.2) is 6.61 Å². The Kier molecular flexibility index (Phi) is 6.00. The van der Waals surface area contributed by atoms with Crippen LogP contribution in [0.4, 0.5) is 0 Å². The summed E-state index contributed by atoms with van der Waals surface area (Å²) < 4.78 is 5.76. The molecule has 2 rings (SSSR count). The van der Waals surface area contributed by atoms with Crippen LogP contribution in [0.3, 0.4) is 0 Å². The molecule has 0 bridgehead atoms. The van der Waals surface area contributed by atoms with Gasteiger partial charge in [0, 0.05) is 10.5 Å². The second-order valence-electron chi connectivity index (χ2n) is 6.00. The zero-order valence-electron chi connectivity index (χ0n) is 13.0. The summed E-state index contributed by atoms with van der Waals surface area (Å²) in [4.78, 5) is 23.9. The molecule has 0 spiro atoms. The van der Waals surface area contributed by atoms with E-state index in [2.05, 4.69) is 35.1 Å². The number of hydrogen-bond donors (Lipinski definition) is 1. The molecule has 0 saturated heterocycles. The van der Waals surface area contributed by atoms with Crippen molar-refractivity contribution in [1.82, 2.24) is 5.32 Å². The Morgan fingerprint density at radius 2 is 2.00 bits per heavy atom. The van der Waals surface area contributed by atoms with Gasteiger partial charge in [-0.3, -0.25) is 4.79 Å². The minimum atomic E-state index is -0.493. The van der Waals surface area contributed by atoms with Crippen molar-refractivity contribution in [2.45, 2.75) is 39.2 Å². The molecule has 1 aliphatic rings. The maximum Gasteiger partial charge on any atom is 0.339 e. The zero-order chi connectivity index (χ0) is 16.1. The van der Waals surface area contributed by atoms with Crippen LogP contribution < -0.4 is 5.32 Å². The van der Waals surface area contributed by atoms with Gasteiger partial charge < -0.3 is 10.1 Å². The van der Waals surface area contributed by atoms with Gasteiger partial charge in [-0.2, -0.15) is 0 Å². The average molecular weight is 368 g/mol. The zero-order valence-corrected chi connectivity index (χ0v) is 14.6. The lowest BCUT2D eigenvalue weighted by Gasteiger charge is -2.34. The lowest BCUT2D eigenvalue weighted by atomic mass is 9.78. The van der Waals surface area contributed by atoms with Gasteiger partial charge in [-0.25, -0.2) is 4.79 Å². The van der Waals surface area contributed by atoms with Crippen molar-refractivity contribution in [2.24, 2.45) is 11.8 Å². The van der Waals surface area contributed by atoms with Crippen LogP contribution in [0.15, 0.2) is 28.7 Å². The van der Waals surface area contributed by atoms with Crippen LogP contribution in [-0.2, 0) is 9.53 Å². The third-order valence-electron chi connectivity index (χ3n) is 4.48. The molecular weight excluding hydrogens is 346 g/mol. The van der Waals surface area contributed by atoms with E-state index in [9.17, 15) is 9.59 Å². The standard InChI is InChI=1S/C17H22BrNO3/c1-11-6-5-9-15(12(11)2)19-16(20)10-22-17(21)13-7-3-4-8-14(13)18/h3-4,7-8,11-12,15H,5-6,9-10H2,1-2H3,(H,19,20)/t11-,12-,15-/m1/s1. The summed E-state index contributed by atoms with van der Waals surface area (Å²) in [6.07, 6.45) is 3.34. The molecule has 4 nitrogen and oxygen atoms in total. The molecule has 1 N–H and O–H groups in total. The largest absolute Gasteiger partial charge is 0.452 e. The van der Waals surface area contributed by atoms with E-state index in [1.807, 2.05) is 6.07 Å². The lowest BCUT2D eigenvalue weighted by molar-refractivity contribution is -0.125. The summed E-state index contributed by atoms with van der Waals surface area (Å²) in [5, 5.41) is 2.99. The minimum absolute atomic E-state index is 0.179. The average Bonchev–Trinajstić information content (AvgIpc) is 2.50. The Morgan fingerprint density at radius 1 is 1.27 bits per heavy atom. The van der Waals surface area contributed by atoms with Gasteiger partial charge in [0.05, 0.1) is 5.56 Å². The fourth-order valence-electron chi connectivity index (χ4n) is 2.87. The van der Waals surface area contributed by atoms with Gasteiger partial charge in [-0.1, -0.05) is 38.8 Å². The topological polar surface area (TPSA) is 55.4 Å². The van der Waals surface area contributed by atoms with Gasteiger partial charge in [-0.05, 0) is 46.3 Å². The molecule has 3 atom stereocenters. The van der Waals surface area contributed by atoms with E-state index in [4.69, 9.17) is 4.74 Å². The highest BCUT2D eigenvalue weighted by Crippen LogP contribution is 2.29. The SMILES string of the molecule is C[C@@H]1[C@H](C)CCC[C@H]1NC(=O)COC(=O)c1ccccc1Br. The highest BCUT2D eigenvalue weighted by atomic mass is 79.9. The maximum atomic E-state index is 12.0. The van der Waals surface area contributed by atoms with Gasteiger partial charge in [0.1, 0.15) is 0 Å². The fourth-order valence-corrected chi connectivity index (χ4v) is 3.32. The number of esters is 1. The smallest absolute Gasteiger partial charge is 0.339 e. The summed E-state index contributed by atoms with van der Waals surface area (Å²) in [5.41, 5.74) is 0.426. The normalized spacial score (nSPS) is 24.6. The van der Waals surface area contributed by atoms with Crippen LogP contribution in [0.5, 0.6) is 0 Å². The molecule has 0 aromatic heterocycles. The highest BCUT2D eigenvalue weighted by Gasteiger charge is 2.28. The van der Waals surface area contributed by atoms with E-state index < -0.39 is 5.97 Å². The van der Waals surface area contributed by atoms with Crippen LogP contribution >= 0.6 is 15.9 Å². The molecule has 1 amide bonds. The molecule has 1 fully saturated rings. The third kappa shape index (κ3) is 4.32. The first-order chi connectivity index (χ1) is 10.5. The van der Waals surface area contributed by atoms with E-state index in [0.29, 0.717) is 21.9 Å². The lowest BCUT2D eigenvalue weighted by Crippen LogP contribution is -2.45. The number of carbonyl (C=O) groups is 2. The first-order valence-electron chi connectivity index (χ1n) is 7.70. The van der Waals surface area contributed by atoms with Gasteiger partial charge in [-0.15, -0.1) is 0 Å². The van der Waals surface area contributed by atoms with Crippen LogP contribution in [0.25, 0.3) is 0 Å². The first kappa shape index (κ1) is 17.0. The van der Waals surface area contributed by atoms with Crippen molar-refractivity contribution in [3.8, 4) is 0 Å². The minimum Gasteiger partial charge on any atom is -0.452 e. The number of nitrogens with one attached hydrogen (secondary N) is 1. The second-order valence-corrected chi connectivity index (χ2v) is 6.85. The molecule has 1 saturated carbocycles. The number of amides is 1. The van der Waals surface area contributed by atoms with Gasteiger partial charge >= 0.3 is 5.97 Å². The highest BCUT2D eigenvalue weighted by molar-refractivity contribution is 9.10. The van der Waals surface area contributed by atoms with Gasteiger partial charge in [0.2, 0.25) is 0 Å². The van der Waals surface area contributed by atoms with Crippen molar-refractivity contribution in [3.05, 3.63) is 34.3 Å². The summed E-state index contributed by atoms with van der Waals surface area (Å²) in [6.45, 7) is 4.15. The number of benzene rings is 1. The van der Waals surface area contributed by atoms with Crippen LogP contribution in [0.1, 0.15) is 43.5 Å². The van der Waals surface area contributed by atoms with E-state index >= 15 is 0 Å². The summed E-state index contributed by atoms with van der Waals surface area (Å²) >= 11 is 3.30. The molecule has 0 heterocycles. The first-order valence-corrected chi connectivity index (χ1v) is 8.49. The molecule has 1 aromatic rings. The molecule has 120 valence electrons. The fraction of sp³-hybridized carbons (Fsp3) is 0.529. The predicted molar refractivity (Wildman–Crippen MR) is 88.5 cm³/mol. The van der Waals surface area contributed by atoms with E-state index in [0.717, 1.165) is 12.8 Å². The predicted octanol–water partition coefficient (Wildman–Crippen LogP) is 3.55. The molecule has 1 aromatic carbocycles. The van der Waals surface area contributed by atoms with E-state index in [-0.39, 0.29) is 18.6 Å².